The van der Waals surface area contributed by atoms with Gasteiger partial charge in [-0.3, -0.25) is 0 Å². The van der Waals surface area contributed by atoms with Crippen LogP contribution in [0.3, 0.4) is 0 Å². The average Bonchev–Trinajstić information content (AvgIpc) is 2.99. The molecule has 0 rings (SSSR count). The smallest absolute Gasteiger partial charge is 0.854 e. The van der Waals surface area contributed by atoms with Crippen LogP contribution < -0.4 is 62.2 Å². The average molecular weight is 611 g/mol. The first-order valence-electron chi connectivity index (χ1n) is 17.6. The predicted octanol–water partition coefficient (Wildman–Crippen LogP) is 7.40. The van der Waals surface area contributed by atoms with Crippen molar-refractivity contribution in [2.45, 2.75) is 189 Å². The van der Waals surface area contributed by atoms with E-state index < -0.39 is 0 Å². The Labute approximate surface area is 303 Å². The third-order valence-electron chi connectivity index (χ3n) is 6.98. The summed E-state index contributed by atoms with van der Waals surface area (Å²) in [5.41, 5.74) is 4.72. The fourth-order valence-electron chi connectivity index (χ4n) is 4.23. The van der Waals surface area contributed by atoms with E-state index in [1.807, 2.05) is 6.92 Å². The molecule has 0 aliphatic carbocycles. The number of aldehydes is 1. The zero-order valence-electron chi connectivity index (χ0n) is 29.6. The molecule has 0 saturated carbocycles. The normalized spacial score (nSPS) is 9.98. The molecule has 5 heteroatoms. The van der Waals surface area contributed by atoms with Crippen molar-refractivity contribution < 1.29 is 66.0 Å². The molecule has 0 aliphatic rings. The summed E-state index contributed by atoms with van der Waals surface area (Å²) >= 11 is 0. The van der Waals surface area contributed by atoms with Crippen molar-refractivity contribution in [3.63, 3.8) is 0 Å². The molecule has 246 valence electrons. The first kappa shape index (κ1) is 51.8. The summed E-state index contributed by atoms with van der Waals surface area (Å²) in [6, 6.07) is 0. The number of methoxy groups -OCH3 is 1. The molecule has 0 saturated heterocycles. The summed E-state index contributed by atoms with van der Waals surface area (Å²) in [6.07, 6.45) is 36.0. The minimum Gasteiger partial charge on any atom is -0.854 e. The van der Waals surface area contributed by atoms with E-state index in [4.69, 9.17) is 5.73 Å². The van der Waals surface area contributed by atoms with Crippen molar-refractivity contribution in [3.05, 3.63) is 6.42 Å². The van der Waals surface area contributed by atoms with Gasteiger partial charge in [0.2, 0.25) is 0 Å². The van der Waals surface area contributed by atoms with Gasteiger partial charge in [0.1, 0.15) is 6.29 Å². The van der Waals surface area contributed by atoms with Crippen LogP contribution in [0.2, 0.25) is 0 Å². The van der Waals surface area contributed by atoms with Crippen molar-refractivity contribution in [3.8, 4) is 0 Å². The number of unbranched alkanes of at least 4 members (excludes halogenated alkanes) is 20. The Kier molecular flexibility index (Phi) is 71.8. The molecular weight excluding hydrogens is 533 g/mol. The molecule has 0 aromatic rings. The molecular formula is C36H77KNO3-. The molecule has 0 fully saturated rings. The molecule has 0 bridgehead atoms. The number of rotatable bonds is 27. The third kappa shape index (κ3) is 65.0. The summed E-state index contributed by atoms with van der Waals surface area (Å²) in [4.78, 5) is 10.9. The summed E-state index contributed by atoms with van der Waals surface area (Å²) < 4.78 is 4.54. The van der Waals surface area contributed by atoms with E-state index in [9.17, 15) is 9.90 Å². The second kappa shape index (κ2) is 56.9. The zero-order valence-corrected chi connectivity index (χ0v) is 32.7. The standard InChI is InChI=1S/C16H32O.C15H31.C3H8O.C2H6NO.K/c1-3-5-7-9-11-13-16(15-17)14-12-10-8-6-4-2;1-3-5-7-9-11-13-15-14-12-10-8-6-4-2;1-3-4-2;3-1-2-4;/h15-16H,3-14H2,1-2H3;15H,3-14H2,1-2H3;3H2,1-2H3;1-3H2;/q;-1;;-1;+1. The minimum absolute atomic E-state index is 0. The Morgan fingerprint density at radius 2 is 0.927 bits per heavy atom. The molecule has 0 atom stereocenters. The number of nitrogens with two attached hydrogens (primary N) is 1. The van der Waals surface area contributed by atoms with Crippen molar-refractivity contribution in [2.24, 2.45) is 11.7 Å². The SMILES string of the molecule is CCCCCCCC(C=O)CCCCCCC.CCCCCCC[CH-]CCCCCCC.CCOC.NCC[O-].[K+]. The quantitative estimate of drug-likeness (QED) is 0.0455. The Hall–Kier alpha value is 1.19. The van der Waals surface area contributed by atoms with Crippen molar-refractivity contribution in [2.75, 3.05) is 26.9 Å². The van der Waals surface area contributed by atoms with Gasteiger partial charge < -0.3 is 26.8 Å². The van der Waals surface area contributed by atoms with E-state index in [2.05, 4.69) is 38.9 Å². The minimum atomic E-state index is -0.153. The second-order valence-electron chi connectivity index (χ2n) is 11.1. The Morgan fingerprint density at radius 3 is 1.17 bits per heavy atom. The zero-order chi connectivity index (χ0) is 30.8. The van der Waals surface area contributed by atoms with Crippen LogP contribution in [0.15, 0.2) is 0 Å². The third-order valence-corrected chi connectivity index (χ3v) is 6.98. The van der Waals surface area contributed by atoms with Crippen molar-refractivity contribution in [1.82, 2.24) is 0 Å². The van der Waals surface area contributed by atoms with Crippen molar-refractivity contribution in [1.29, 1.82) is 0 Å². The van der Waals surface area contributed by atoms with Crippen LogP contribution in [0.25, 0.3) is 0 Å². The van der Waals surface area contributed by atoms with Gasteiger partial charge in [0.15, 0.2) is 0 Å². The monoisotopic (exact) mass is 611 g/mol. The molecule has 0 aromatic heterocycles. The largest absolute Gasteiger partial charge is 1.00 e. The number of carbonyl (C=O) groups excluding carboxylic acids is 1. The Balaban J connectivity index is -0.000000164. The van der Waals surface area contributed by atoms with Gasteiger partial charge in [-0.05, 0) is 26.3 Å². The molecule has 0 heterocycles. The summed E-state index contributed by atoms with van der Waals surface area (Å²) in [5, 5.41) is 9.17. The van der Waals surface area contributed by atoms with Crippen LogP contribution in [0.1, 0.15) is 189 Å². The van der Waals surface area contributed by atoms with Crippen LogP contribution in [-0.2, 0) is 9.53 Å². The maximum Gasteiger partial charge on any atom is 1.00 e. The van der Waals surface area contributed by atoms with E-state index in [-0.39, 0.29) is 64.5 Å². The molecule has 0 radical (unpaired) electrons. The van der Waals surface area contributed by atoms with Gasteiger partial charge in [0.05, 0.1) is 0 Å². The fourth-order valence-corrected chi connectivity index (χ4v) is 4.23. The van der Waals surface area contributed by atoms with E-state index >= 15 is 0 Å². The Morgan fingerprint density at radius 1 is 0.634 bits per heavy atom. The van der Waals surface area contributed by atoms with Gasteiger partial charge in [-0.1, -0.05) is 156 Å². The second-order valence-corrected chi connectivity index (χ2v) is 11.1. The Bertz CT molecular complexity index is 352. The molecule has 41 heavy (non-hydrogen) atoms. The van der Waals surface area contributed by atoms with E-state index in [0.29, 0.717) is 5.92 Å². The number of hydrogen-bond acceptors (Lipinski definition) is 4. The summed E-state index contributed by atoms with van der Waals surface area (Å²) in [6.45, 7) is 11.9. The first-order chi connectivity index (χ1) is 19.6. The molecule has 0 aliphatic heterocycles. The van der Waals surface area contributed by atoms with Crippen LogP contribution in [0.4, 0.5) is 0 Å². The van der Waals surface area contributed by atoms with E-state index in [1.54, 1.807) is 7.11 Å². The molecule has 0 unspecified atom stereocenters. The maximum absolute atomic E-state index is 10.9. The van der Waals surface area contributed by atoms with Gasteiger partial charge in [-0.2, -0.15) is 12.8 Å². The summed E-state index contributed by atoms with van der Waals surface area (Å²) in [7, 11) is 1.68. The number of hydrogen-bond donors (Lipinski definition) is 1. The molecule has 0 aromatic carbocycles. The molecule has 0 amide bonds. The van der Waals surface area contributed by atoms with Crippen molar-refractivity contribution >= 4 is 6.29 Å². The summed E-state index contributed by atoms with van der Waals surface area (Å²) in [5.74, 6) is 0.346. The topological polar surface area (TPSA) is 75.4 Å². The molecule has 0 spiro atoms. The first-order valence-corrected chi connectivity index (χ1v) is 17.6. The fraction of sp³-hybridized carbons (Fsp3) is 0.944. The van der Waals surface area contributed by atoms with E-state index in [1.165, 1.54) is 148 Å². The molecule has 2 N–H and O–H groups in total. The van der Waals surface area contributed by atoms with Crippen LogP contribution in [0, 0.1) is 12.3 Å². The van der Waals surface area contributed by atoms with Crippen LogP contribution >= 0.6 is 0 Å². The predicted molar refractivity (Wildman–Crippen MR) is 179 cm³/mol. The van der Waals surface area contributed by atoms with Gasteiger partial charge >= 0.3 is 51.4 Å². The van der Waals surface area contributed by atoms with E-state index in [0.717, 1.165) is 19.4 Å². The van der Waals surface area contributed by atoms with Gasteiger partial charge in [-0.25, -0.2) is 0 Å². The van der Waals surface area contributed by atoms with Crippen LogP contribution in [0.5, 0.6) is 0 Å². The number of ether oxygens (including phenoxy) is 1. The van der Waals surface area contributed by atoms with Gasteiger partial charge in [0, 0.05) is 19.6 Å². The van der Waals surface area contributed by atoms with Gasteiger partial charge in [0.25, 0.3) is 0 Å². The molecule has 4 nitrogen and oxygen atoms in total. The van der Waals surface area contributed by atoms with Crippen LogP contribution in [-0.4, -0.2) is 33.2 Å². The van der Waals surface area contributed by atoms with Gasteiger partial charge in [-0.15, -0.1) is 6.61 Å². The maximum atomic E-state index is 10.9. The number of carbonyl (C=O) groups is 1.